The number of carbonyl (C=O) groups excluding carboxylic acids is 2. The van der Waals surface area contributed by atoms with E-state index in [9.17, 15) is 9.59 Å². The zero-order valence-corrected chi connectivity index (χ0v) is 14.6. The van der Waals surface area contributed by atoms with E-state index in [0.717, 1.165) is 33.4 Å². The van der Waals surface area contributed by atoms with Crippen molar-refractivity contribution < 1.29 is 14.3 Å². The van der Waals surface area contributed by atoms with E-state index in [2.05, 4.69) is 9.98 Å². The van der Waals surface area contributed by atoms with Crippen molar-refractivity contribution in [3.05, 3.63) is 70.9 Å². The van der Waals surface area contributed by atoms with Crippen molar-refractivity contribution in [2.75, 3.05) is 13.1 Å². The molecule has 3 heterocycles. The molecule has 0 fully saturated rings. The molecule has 6 heteroatoms. The van der Waals surface area contributed by atoms with Gasteiger partial charge in [-0.25, -0.2) is 4.79 Å². The number of benzene rings is 2. The van der Waals surface area contributed by atoms with Crippen LogP contribution < -0.4 is 0 Å². The molecule has 2 aromatic carbocycles. The van der Waals surface area contributed by atoms with E-state index < -0.39 is 0 Å². The highest BCUT2D eigenvalue weighted by molar-refractivity contribution is 6.22. The number of hydrogen-bond donors (Lipinski definition) is 1. The topological polar surface area (TPSA) is 74.8 Å². The molecule has 0 atom stereocenters. The van der Waals surface area contributed by atoms with E-state index in [1.165, 1.54) is 0 Å². The molecule has 134 valence electrons. The third-order valence-corrected chi connectivity index (χ3v) is 5.06. The molecule has 1 amide bonds. The Kier molecular flexibility index (Phi) is 3.57. The lowest BCUT2D eigenvalue weighted by atomic mass is 9.98. The van der Waals surface area contributed by atoms with Crippen molar-refractivity contribution >= 4 is 28.5 Å². The van der Waals surface area contributed by atoms with Crippen molar-refractivity contribution in [1.82, 2.24) is 9.88 Å². The average Bonchev–Trinajstić information content (AvgIpc) is 3.02. The first kappa shape index (κ1) is 15.8. The summed E-state index contributed by atoms with van der Waals surface area (Å²) in [6, 6.07) is 15.2. The maximum absolute atomic E-state index is 12.6. The second kappa shape index (κ2) is 6.09. The fraction of sp³-hybridized carbons (Fsp3) is 0.190. The summed E-state index contributed by atoms with van der Waals surface area (Å²) in [7, 11) is 0. The van der Waals surface area contributed by atoms with Gasteiger partial charge in [0.15, 0.2) is 5.78 Å². The molecule has 27 heavy (non-hydrogen) atoms. The van der Waals surface area contributed by atoms with Crippen LogP contribution >= 0.6 is 0 Å². The van der Waals surface area contributed by atoms with Crippen molar-refractivity contribution in [3.8, 4) is 0 Å². The van der Waals surface area contributed by atoms with Crippen LogP contribution in [0.5, 0.6) is 0 Å². The van der Waals surface area contributed by atoms with Gasteiger partial charge in [-0.1, -0.05) is 42.5 Å². The van der Waals surface area contributed by atoms with Gasteiger partial charge in [-0.05, 0) is 11.6 Å². The number of ketones is 1. The first-order valence-electron chi connectivity index (χ1n) is 8.87. The van der Waals surface area contributed by atoms with Crippen LogP contribution in [0.25, 0.3) is 10.9 Å². The third-order valence-electron chi connectivity index (χ3n) is 5.06. The highest BCUT2D eigenvalue weighted by Gasteiger charge is 2.32. The normalized spacial score (nSPS) is 15.5. The van der Waals surface area contributed by atoms with Crippen LogP contribution in [0.15, 0.2) is 53.5 Å². The number of ether oxygens (including phenoxy) is 1. The molecular formula is C21H17N3O3. The highest BCUT2D eigenvalue weighted by Crippen LogP contribution is 2.32. The molecule has 0 spiro atoms. The van der Waals surface area contributed by atoms with Crippen molar-refractivity contribution in [2.45, 2.75) is 13.2 Å². The Morgan fingerprint density at radius 3 is 2.81 bits per heavy atom. The predicted molar refractivity (Wildman–Crippen MR) is 101 cm³/mol. The van der Waals surface area contributed by atoms with Crippen LogP contribution in [-0.4, -0.2) is 40.6 Å². The third kappa shape index (κ3) is 2.61. The quantitative estimate of drug-likeness (QED) is 0.763. The minimum atomic E-state index is -0.387. The van der Waals surface area contributed by atoms with E-state index in [4.69, 9.17) is 4.74 Å². The van der Waals surface area contributed by atoms with Gasteiger partial charge < -0.3 is 9.72 Å². The zero-order valence-electron chi connectivity index (χ0n) is 14.6. The number of amides is 1. The van der Waals surface area contributed by atoms with E-state index in [-0.39, 0.29) is 25.0 Å². The van der Waals surface area contributed by atoms with Crippen molar-refractivity contribution in [3.63, 3.8) is 0 Å². The summed E-state index contributed by atoms with van der Waals surface area (Å²) in [6.07, 6.45) is -0.387. The molecular weight excluding hydrogens is 342 g/mol. The SMILES string of the molecule is O=C1CN=C2CN(C(=O)OCc3ccccc3)Cc3[nH]c4cccc1c4c32. The summed E-state index contributed by atoms with van der Waals surface area (Å²) in [5.74, 6) is 0.00232. The molecule has 0 saturated carbocycles. The van der Waals surface area contributed by atoms with Crippen LogP contribution in [-0.2, 0) is 17.9 Å². The Balaban J connectivity index is 1.45. The second-order valence-corrected chi connectivity index (χ2v) is 6.79. The molecule has 1 N–H and O–H groups in total. The molecule has 2 aliphatic rings. The van der Waals surface area contributed by atoms with Gasteiger partial charge in [0.2, 0.25) is 0 Å². The molecule has 3 aromatic rings. The number of aliphatic imine (C=N–C) groups is 1. The summed E-state index contributed by atoms with van der Waals surface area (Å²) in [4.78, 5) is 34.5. The number of aromatic nitrogens is 1. The van der Waals surface area contributed by atoms with Gasteiger partial charge in [0, 0.05) is 27.7 Å². The van der Waals surface area contributed by atoms with Crippen molar-refractivity contribution in [2.24, 2.45) is 4.99 Å². The minimum Gasteiger partial charge on any atom is -0.445 e. The van der Waals surface area contributed by atoms with E-state index in [1.807, 2.05) is 48.5 Å². The lowest BCUT2D eigenvalue weighted by Gasteiger charge is -2.27. The van der Waals surface area contributed by atoms with E-state index in [0.29, 0.717) is 18.7 Å². The Morgan fingerprint density at radius 1 is 1.11 bits per heavy atom. The predicted octanol–water partition coefficient (Wildman–Crippen LogP) is 3.31. The van der Waals surface area contributed by atoms with Gasteiger partial charge in [0.25, 0.3) is 0 Å². The Labute approximate surface area is 155 Å². The molecule has 0 saturated heterocycles. The number of carbonyl (C=O) groups is 2. The minimum absolute atomic E-state index is 0.00232. The first-order chi connectivity index (χ1) is 13.2. The number of nitrogens with zero attached hydrogens (tertiary/aromatic N) is 2. The molecule has 6 nitrogen and oxygen atoms in total. The van der Waals surface area contributed by atoms with Crippen LogP contribution in [0.2, 0.25) is 0 Å². The standard InChI is InChI=1S/C21H17N3O3/c25-18-9-22-16-10-24(21(26)27-12-13-5-2-1-3-6-13)11-17-20(16)19-14(18)7-4-8-15(19)23-17/h1-8,23H,9-12H2. The number of nitrogens with one attached hydrogen (secondary N) is 1. The van der Waals surface area contributed by atoms with E-state index >= 15 is 0 Å². The number of hydrogen-bond acceptors (Lipinski definition) is 4. The average molecular weight is 359 g/mol. The summed E-state index contributed by atoms with van der Waals surface area (Å²) in [5, 5.41) is 0.922. The summed E-state index contributed by atoms with van der Waals surface area (Å²) >= 11 is 0. The Hall–Kier alpha value is -3.41. The monoisotopic (exact) mass is 359 g/mol. The Bertz CT molecular complexity index is 1100. The van der Waals surface area contributed by atoms with Crippen LogP contribution in [0.1, 0.15) is 27.2 Å². The lowest BCUT2D eigenvalue weighted by molar-refractivity contribution is 0.0979. The molecule has 0 radical (unpaired) electrons. The summed E-state index contributed by atoms with van der Waals surface area (Å²) in [5.41, 5.74) is 5.17. The molecule has 1 aromatic heterocycles. The maximum atomic E-state index is 12.6. The van der Waals surface area contributed by atoms with Crippen LogP contribution in [0.4, 0.5) is 4.79 Å². The maximum Gasteiger partial charge on any atom is 0.410 e. The van der Waals surface area contributed by atoms with Gasteiger partial charge in [0.05, 0.1) is 18.8 Å². The molecule has 0 aliphatic carbocycles. The zero-order chi connectivity index (χ0) is 18.4. The number of Topliss-reactive ketones (excluding diaryl/α,β-unsaturated/α-hetero) is 1. The summed E-state index contributed by atoms with van der Waals surface area (Å²) < 4.78 is 5.47. The number of H-pyrrole nitrogens is 1. The number of aromatic amines is 1. The van der Waals surface area contributed by atoms with Gasteiger partial charge in [-0.2, -0.15) is 0 Å². The molecule has 0 bridgehead atoms. The summed E-state index contributed by atoms with van der Waals surface area (Å²) in [6.45, 7) is 1.08. The van der Waals surface area contributed by atoms with Gasteiger partial charge in [-0.15, -0.1) is 0 Å². The Morgan fingerprint density at radius 2 is 1.96 bits per heavy atom. The second-order valence-electron chi connectivity index (χ2n) is 6.79. The fourth-order valence-electron chi connectivity index (χ4n) is 3.80. The largest absolute Gasteiger partial charge is 0.445 e. The lowest BCUT2D eigenvalue weighted by Crippen LogP contribution is -2.40. The smallest absolute Gasteiger partial charge is 0.410 e. The molecule has 5 rings (SSSR count). The highest BCUT2D eigenvalue weighted by atomic mass is 16.6. The number of rotatable bonds is 2. The molecule has 2 aliphatic heterocycles. The van der Waals surface area contributed by atoms with Gasteiger partial charge >= 0.3 is 6.09 Å². The van der Waals surface area contributed by atoms with E-state index in [1.54, 1.807) is 4.90 Å². The molecule has 0 unspecified atom stereocenters. The first-order valence-corrected chi connectivity index (χ1v) is 8.87. The van der Waals surface area contributed by atoms with Gasteiger partial charge in [0.1, 0.15) is 13.2 Å². The van der Waals surface area contributed by atoms with Gasteiger partial charge in [-0.3, -0.25) is 14.7 Å². The fourth-order valence-corrected chi connectivity index (χ4v) is 3.80. The van der Waals surface area contributed by atoms with Crippen molar-refractivity contribution in [1.29, 1.82) is 0 Å². The van der Waals surface area contributed by atoms with Crippen LogP contribution in [0, 0.1) is 0 Å². The van der Waals surface area contributed by atoms with Crippen LogP contribution in [0.3, 0.4) is 0 Å².